The van der Waals surface area contributed by atoms with Gasteiger partial charge in [-0.05, 0) is 59.4 Å². The Morgan fingerprint density at radius 3 is 2.35 bits per heavy atom. The highest BCUT2D eigenvalue weighted by atomic mass is 19.1. The quantitative estimate of drug-likeness (QED) is 0.309. The molecule has 1 amide bonds. The van der Waals surface area contributed by atoms with Gasteiger partial charge in [0.25, 0.3) is 5.91 Å². The molecule has 0 aromatic heterocycles. The lowest BCUT2D eigenvalue weighted by Gasteiger charge is -2.10. The normalized spacial score (nSPS) is 14.6. The van der Waals surface area contributed by atoms with E-state index in [9.17, 15) is 9.18 Å². The lowest BCUT2D eigenvalue weighted by Crippen LogP contribution is -2.18. The SMILES string of the molecule is O=C(C=Cc1ccc(C=C(CNC2CC2)c2ccc(F)cc2)cc1)NO. The molecule has 1 aliphatic rings. The Morgan fingerprint density at radius 2 is 1.73 bits per heavy atom. The standard InChI is InChI=1S/C21H21FN2O2/c22-19-8-6-17(7-9-19)18(14-23-20-10-11-20)13-16-3-1-15(2-4-16)5-12-21(25)24-26/h1-9,12-13,20,23,26H,10-11,14H2,(H,24,25). The van der Waals surface area contributed by atoms with E-state index >= 15 is 0 Å². The van der Waals surface area contributed by atoms with Crippen LogP contribution in [0, 0.1) is 5.82 Å². The topological polar surface area (TPSA) is 61.4 Å². The fourth-order valence-electron chi connectivity index (χ4n) is 2.56. The van der Waals surface area contributed by atoms with E-state index in [0.29, 0.717) is 6.04 Å². The second kappa shape index (κ2) is 8.56. The number of rotatable bonds is 7. The Balaban J connectivity index is 1.78. The Morgan fingerprint density at radius 1 is 1.08 bits per heavy atom. The van der Waals surface area contributed by atoms with Gasteiger partial charge in [-0.3, -0.25) is 10.0 Å². The van der Waals surface area contributed by atoms with Crippen LogP contribution in [0.2, 0.25) is 0 Å². The van der Waals surface area contributed by atoms with E-state index in [1.54, 1.807) is 23.7 Å². The molecule has 4 nitrogen and oxygen atoms in total. The van der Waals surface area contributed by atoms with Crippen LogP contribution in [0.4, 0.5) is 4.39 Å². The number of halogens is 1. The van der Waals surface area contributed by atoms with Crippen molar-refractivity contribution in [3.05, 3.63) is 77.1 Å². The first kappa shape index (κ1) is 18.0. The van der Waals surface area contributed by atoms with Crippen LogP contribution in [-0.4, -0.2) is 23.7 Å². The molecule has 5 heteroatoms. The van der Waals surface area contributed by atoms with Gasteiger partial charge < -0.3 is 5.32 Å². The average molecular weight is 352 g/mol. The number of nitrogens with one attached hydrogen (secondary N) is 2. The zero-order valence-electron chi connectivity index (χ0n) is 14.3. The Labute approximate surface area is 152 Å². The van der Waals surface area contributed by atoms with E-state index in [1.165, 1.54) is 31.1 Å². The van der Waals surface area contributed by atoms with Gasteiger partial charge >= 0.3 is 0 Å². The fourth-order valence-corrected chi connectivity index (χ4v) is 2.56. The molecule has 26 heavy (non-hydrogen) atoms. The van der Waals surface area contributed by atoms with E-state index in [1.807, 2.05) is 24.3 Å². The zero-order chi connectivity index (χ0) is 18.4. The molecule has 0 aliphatic heterocycles. The fraction of sp³-hybridized carbons (Fsp3) is 0.190. The van der Waals surface area contributed by atoms with Crippen LogP contribution < -0.4 is 10.8 Å². The molecule has 1 fully saturated rings. The maximum absolute atomic E-state index is 13.2. The van der Waals surface area contributed by atoms with Crippen LogP contribution in [0.1, 0.15) is 29.5 Å². The molecule has 0 spiro atoms. The van der Waals surface area contributed by atoms with Crippen molar-refractivity contribution >= 4 is 23.6 Å². The second-order valence-corrected chi connectivity index (χ2v) is 6.31. The smallest absolute Gasteiger partial charge is 0.267 e. The highest BCUT2D eigenvalue weighted by Crippen LogP contribution is 2.23. The van der Waals surface area contributed by atoms with Crippen LogP contribution in [0.15, 0.2) is 54.6 Å². The summed E-state index contributed by atoms with van der Waals surface area (Å²) in [5, 5.41) is 12.0. The first-order valence-corrected chi connectivity index (χ1v) is 8.56. The molecule has 3 rings (SSSR count). The molecule has 0 unspecified atom stereocenters. The number of hydrogen-bond acceptors (Lipinski definition) is 3. The summed E-state index contributed by atoms with van der Waals surface area (Å²) in [4.78, 5) is 11.0. The van der Waals surface area contributed by atoms with Crippen LogP contribution in [0.25, 0.3) is 17.7 Å². The van der Waals surface area contributed by atoms with Crippen LogP contribution in [0.3, 0.4) is 0 Å². The molecule has 1 saturated carbocycles. The van der Waals surface area contributed by atoms with E-state index in [-0.39, 0.29) is 5.82 Å². The minimum atomic E-state index is -0.571. The predicted molar refractivity (Wildman–Crippen MR) is 101 cm³/mol. The summed E-state index contributed by atoms with van der Waals surface area (Å²) < 4.78 is 13.2. The lowest BCUT2D eigenvalue weighted by atomic mass is 10.0. The van der Waals surface area contributed by atoms with Crippen molar-refractivity contribution in [2.24, 2.45) is 0 Å². The van der Waals surface area contributed by atoms with E-state index in [2.05, 4.69) is 11.4 Å². The van der Waals surface area contributed by atoms with Gasteiger partial charge in [-0.2, -0.15) is 0 Å². The number of carbonyl (C=O) groups excluding carboxylic acids is 1. The van der Waals surface area contributed by atoms with E-state index in [4.69, 9.17) is 5.21 Å². The van der Waals surface area contributed by atoms with E-state index < -0.39 is 5.91 Å². The maximum Gasteiger partial charge on any atom is 0.267 e. The second-order valence-electron chi connectivity index (χ2n) is 6.31. The monoisotopic (exact) mass is 352 g/mol. The Hall–Kier alpha value is -2.76. The molecule has 0 radical (unpaired) electrons. The van der Waals surface area contributed by atoms with Gasteiger partial charge in [-0.25, -0.2) is 9.87 Å². The van der Waals surface area contributed by atoms with Crippen molar-refractivity contribution in [2.45, 2.75) is 18.9 Å². The third-order valence-electron chi connectivity index (χ3n) is 4.19. The minimum Gasteiger partial charge on any atom is -0.310 e. The van der Waals surface area contributed by atoms with Gasteiger partial charge in [0.1, 0.15) is 5.82 Å². The molecule has 1 aliphatic carbocycles. The average Bonchev–Trinajstić information content (AvgIpc) is 3.49. The van der Waals surface area contributed by atoms with Crippen LogP contribution in [-0.2, 0) is 4.79 Å². The molecule has 0 atom stereocenters. The maximum atomic E-state index is 13.2. The summed E-state index contributed by atoms with van der Waals surface area (Å²) in [6.07, 6.45) is 7.37. The third kappa shape index (κ3) is 5.37. The molecule has 3 N–H and O–H groups in total. The van der Waals surface area contributed by atoms with Crippen LogP contribution in [0.5, 0.6) is 0 Å². The zero-order valence-corrected chi connectivity index (χ0v) is 14.3. The summed E-state index contributed by atoms with van der Waals surface area (Å²) in [5.41, 5.74) is 5.51. The van der Waals surface area contributed by atoms with Gasteiger partial charge in [-0.15, -0.1) is 0 Å². The largest absolute Gasteiger partial charge is 0.310 e. The number of amides is 1. The molecular formula is C21H21FN2O2. The third-order valence-corrected chi connectivity index (χ3v) is 4.19. The summed E-state index contributed by atoms with van der Waals surface area (Å²) in [7, 11) is 0. The summed E-state index contributed by atoms with van der Waals surface area (Å²) in [6, 6.07) is 14.8. The molecule has 2 aromatic carbocycles. The van der Waals surface area contributed by atoms with Crippen molar-refractivity contribution < 1.29 is 14.4 Å². The van der Waals surface area contributed by atoms with Gasteiger partial charge in [0.15, 0.2) is 0 Å². The van der Waals surface area contributed by atoms with Crippen molar-refractivity contribution in [3.63, 3.8) is 0 Å². The highest BCUT2D eigenvalue weighted by Gasteiger charge is 2.20. The minimum absolute atomic E-state index is 0.244. The van der Waals surface area contributed by atoms with Gasteiger partial charge in [0, 0.05) is 18.7 Å². The summed E-state index contributed by atoms with van der Waals surface area (Å²) >= 11 is 0. The Bertz CT molecular complexity index is 807. The first-order chi connectivity index (χ1) is 12.6. The number of hydroxylamine groups is 1. The van der Waals surface area contributed by atoms with Gasteiger partial charge in [0.05, 0.1) is 0 Å². The van der Waals surface area contributed by atoms with Crippen molar-refractivity contribution in [1.29, 1.82) is 0 Å². The Kier molecular flexibility index (Phi) is 5.94. The van der Waals surface area contributed by atoms with Crippen molar-refractivity contribution in [1.82, 2.24) is 10.8 Å². The van der Waals surface area contributed by atoms with Crippen molar-refractivity contribution in [3.8, 4) is 0 Å². The first-order valence-electron chi connectivity index (χ1n) is 8.56. The molecule has 134 valence electrons. The van der Waals surface area contributed by atoms with Gasteiger partial charge in [-0.1, -0.05) is 36.4 Å². The van der Waals surface area contributed by atoms with Crippen LogP contribution >= 0.6 is 0 Å². The highest BCUT2D eigenvalue weighted by molar-refractivity contribution is 5.91. The lowest BCUT2D eigenvalue weighted by molar-refractivity contribution is -0.124. The van der Waals surface area contributed by atoms with Gasteiger partial charge in [0.2, 0.25) is 0 Å². The summed E-state index contributed by atoms with van der Waals surface area (Å²) in [5.74, 6) is -0.815. The number of benzene rings is 2. The number of hydrogen-bond donors (Lipinski definition) is 3. The summed E-state index contributed by atoms with van der Waals surface area (Å²) in [6.45, 7) is 0.731. The van der Waals surface area contributed by atoms with E-state index in [0.717, 1.165) is 28.8 Å². The predicted octanol–water partition coefficient (Wildman–Crippen LogP) is 3.64. The molecule has 0 bridgehead atoms. The molecular weight excluding hydrogens is 331 g/mol. The van der Waals surface area contributed by atoms with Crippen molar-refractivity contribution in [2.75, 3.05) is 6.54 Å². The molecule has 0 heterocycles. The number of carbonyl (C=O) groups is 1. The molecule has 0 saturated heterocycles. The molecule has 2 aromatic rings.